The van der Waals surface area contributed by atoms with Gasteiger partial charge in [0.05, 0.1) is 18.5 Å². The van der Waals surface area contributed by atoms with E-state index in [0.29, 0.717) is 30.8 Å². The molecule has 2 aliphatic rings. The summed E-state index contributed by atoms with van der Waals surface area (Å²) in [4.78, 5) is 14.8. The van der Waals surface area contributed by atoms with Gasteiger partial charge >= 0.3 is 0 Å². The molecule has 1 fully saturated rings. The molecule has 1 aliphatic carbocycles. The van der Waals surface area contributed by atoms with Gasteiger partial charge in [-0.1, -0.05) is 25.2 Å². The zero-order valence-corrected chi connectivity index (χ0v) is 15.4. The highest BCUT2D eigenvalue weighted by Gasteiger charge is 2.29. The van der Waals surface area contributed by atoms with Crippen molar-refractivity contribution in [2.45, 2.75) is 44.6 Å². The van der Waals surface area contributed by atoms with E-state index in [2.05, 4.69) is 5.92 Å². The maximum atomic E-state index is 13.0. The third kappa shape index (κ3) is 3.67. The molecule has 0 spiro atoms. The monoisotopic (exact) mass is 360 g/mol. The average Bonchev–Trinajstić information content (AvgIpc) is 3.03. The molecule has 0 unspecified atom stereocenters. The maximum absolute atomic E-state index is 13.0. The highest BCUT2D eigenvalue weighted by atomic mass is 32.2. The van der Waals surface area contributed by atoms with E-state index in [0.717, 1.165) is 31.2 Å². The Hall–Kier alpha value is -2.00. The molecule has 1 aliphatic heterocycles. The van der Waals surface area contributed by atoms with Crippen LogP contribution in [0.1, 0.15) is 48.0 Å². The molecule has 1 aromatic rings. The van der Waals surface area contributed by atoms with Crippen LogP contribution in [0.15, 0.2) is 18.2 Å². The lowest BCUT2D eigenvalue weighted by molar-refractivity contribution is 0.0667. The molecule has 1 aromatic carbocycles. The molecule has 25 heavy (non-hydrogen) atoms. The molecule has 0 saturated heterocycles. The third-order valence-corrected chi connectivity index (χ3v) is 6.30. The second-order valence-corrected chi connectivity index (χ2v) is 8.76. The molecule has 134 valence electrons. The van der Waals surface area contributed by atoms with Gasteiger partial charge in [-0.3, -0.25) is 9.10 Å². The standard InChI is InChI=1S/C19H24N2O3S/c1-3-12-20(17-7-5-4-6-8-17)19(22)16-9-10-18-15(14-16)11-13-21(18)25(2,23)24/h1,9-10,14,17H,4-8,11-13H2,2H3. The minimum atomic E-state index is -3.28. The van der Waals surface area contributed by atoms with Crippen molar-refractivity contribution in [3.05, 3.63) is 29.3 Å². The summed E-state index contributed by atoms with van der Waals surface area (Å²) >= 11 is 0. The summed E-state index contributed by atoms with van der Waals surface area (Å²) < 4.78 is 25.1. The predicted octanol–water partition coefficient (Wildman–Crippen LogP) is 2.42. The molecular weight excluding hydrogens is 336 g/mol. The zero-order chi connectivity index (χ0) is 18.0. The number of nitrogens with zero attached hydrogens (tertiary/aromatic N) is 2. The number of fused-ring (bicyclic) bond motifs is 1. The van der Waals surface area contributed by atoms with Crippen molar-refractivity contribution in [1.29, 1.82) is 0 Å². The first-order chi connectivity index (χ1) is 11.9. The van der Waals surface area contributed by atoms with E-state index < -0.39 is 10.0 Å². The first-order valence-electron chi connectivity index (χ1n) is 8.77. The molecule has 0 radical (unpaired) electrons. The molecule has 0 bridgehead atoms. The molecule has 1 saturated carbocycles. The Balaban J connectivity index is 1.86. The number of carbonyl (C=O) groups excluding carboxylic acids is 1. The van der Waals surface area contributed by atoms with E-state index in [1.165, 1.54) is 17.0 Å². The molecule has 1 amide bonds. The number of benzene rings is 1. The second kappa shape index (κ2) is 7.09. The van der Waals surface area contributed by atoms with Gasteiger partial charge in [-0.2, -0.15) is 0 Å². The Morgan fingerprint density at radius 1 is 1.32 bits per heavy atom. The number of anilines is 1. The molecule has 5 nitrogen and oxygen atoms in total. The normalized spacial score (nSPS) is 17.8. The van der Waals surface area contributed by atoms with E-state index in [9.17, 15) is 13.2 Å². The average molecular weight is 360 g/mol. The number of hydrogen-bond donors (Lipinski definition) is 0. The first-order valence-corrected chi connectivity index (χ1v) is 10.6. The molecule has 3 rings (SSSR count). The SMILES string of the molecule is C#CCN(C(=O)c1ccc2c(c1)CCN2S(C)(=O)=O)C1CCCCC1. The van der Waals surface area contributed by atoms with Crippen molar-refractivity contribution in [1.82, 2.24) is 4.90 Å². The van der Waals surface area contributed by atoms with E-state index in [-0.39, 0.29) is 11.9 Å². The highest BCUT2D eigenvalue weighted by Crippen LogP contribution is 2.31. The van der Waals surface area contributed by atoms with Gasteiger partial charge in [0.1, 0.15) is 0 Å². The summed E-state index contributed by atoms with van der Waals surface area (Å²) in [6.07, 6.45) is 12.8. The van der Waals surface area contributed by atoms with Gasteiger partial charge in [0.2, 0.25) is 10.0 Å². The lowest BCUT2D eigenvalue weighted by Crippen LogP contribution is -2.41. The van der Waals surface area contributed by atoms with Crippen molar-refractivity contribution in [3.63, 3.8) is 0 Å². The third-order valence-electron chi connectivity index (χ3n) is 5.12. The van der Waals surface area contributed by atoms with Crippen LogP contribution in [0.25, 0.3) is 0 Å². The van der Waals surface area contributed by atoms with Crippen LogP contribution in [0.4, 0.5) is 5.69 Å². The van der Waals surface area contributed by atoms with Crippen molar-refractivity contribution in [2.24, 2.45) is 0 Å². The van der Waals surface area contributed by atoms with Crippen LogP contribution in [-0.4, -0.2) is 44.6 Å². The van der Waals surface area contributed by atoms with Gasteiger partial charge in [0.25, 0.3) is 5.91 Å². The highest BCUT2D eigenvalue weighted by molar-refractivity contribution is 7.92. The first kappa shape index (κ1) is 17.8. The van der Waals surface area contributed by atoms with Gasteiger partial charge in [-0.15, -0.1) is 6.42 Å². The van der Waals surface area contributed by atoms with E-state index >= 15 is 0 Å². The van der Waals surface area contributed by atoms with E-state index in [1.54, 1.807) is 12.1 Å². The smallest absolute Gasteiger partial charge is 0.254 e. The largest absolute Gasteiger partial charge is 0.325 e. The van der Waals surface area contributed by atoms with Gasteiger partial charge < -0.3 is 4.90 Å². The van der Waals surface area contributed by atoms with Crippen LogP contribution in [0.3, 0.4) is 0 Å². The Labute approximate surface area is 150 Å². The summed E-state index contributed by atoms with van der Waals surface area (Å²) in [6, 6.07) is 5.50. The molecular formula is C19H24N2O3S. The summed E-state index contributed by atoms with van der Waals surface area (Å²) in [5, 5.41) is 0. The molecule has 6 heteroatoms. The number of rotatable bonds is 4. The van der Waals surface area contributed by atoms with Gasteiger partial charge in [0.15, 0.2) is 0 Å². The Morgan fingerprint density at radius 2 is 2.04 bits per heavy atom. The number of amides is 1. The lowest BCUT2D eigenvalue weighted by atomic mass is 9.93. The predicted molar refractivity (Wildman–Crippen MR) is 99.1 cm³/mol. The van der Waals surface area contributed by atoms with Crippen molar-refractivity contribution in [3.8, 4) is 12.3 Å². The summed E-state index contributed by atoms with van der Waals surface area (Å²) in [6.45, 7) is 0.749. The van der Waals surface area contributed by atoms with Crippen molar-refractivity contribution < 1.29 is 13.2 Å². The number of terminal acetylenes is 1. The van der Waals surface area contributed by atoms with E-state index in [1.807, 2.05) is 11.0 Å². The zero-order valence-electron chi connectivity index (χ0n) is 14.6. The topological polar surface area (TPSA) is 57.7 Å². The van der Waals surface area contributed by atoms with Crippen LogP contribution in [-0.2, 0) is 16.4 Å². The number of sulfonamides is 1. The van der Waals surface area contributed by atoms with Gasteiger partial charge in [-0.05, 0) is 43.0 Å². The van der Waals surface area contributed by atoms with Crippen LogP contribution in [0.5, 0.6) is 0 Å². The van der Waals surface area contributed by atoms with Crippen molar-refractivity contribution in [2.75, 3.05) is 23.7 Å². The van der Waals surface area contributed by atoms with E-state index in [4.69, 9.17) is 6.42 Å². The number of hydrogen-bond acceptors (Lipinski definition) is 3. The van der Waals surface area contributed by atoms with Gasteiger partial charge in [-0.25, -0.2) is 8.42 Å². The summed E-state index contributed by atoms with van der Waals surface area (Å²) in [5.41, 5.74) is 2.18. The molecule has 0 N–H and O–H groups in total. The lowest BCUT2D eigenvalue weighted by Gasteiger charge is -2.33. The fourth-order valence-corrected chi connectivity index (χ4v) is 4.83. The van der Waals surface area contributed by atoms with Crippen LogP contribution < -0.4 is 4.31 Å². The Bertz CT molecular complexity index is 804. The van der Waals surface area contributed by atoms with Crippen molar-refractivity contribution >= 4 is 21.6 Å². The Morgan fingerprint density at radius 3 is 2.68 bits per heavy atom. The van der Waals surface area contributed by atoms with Gasteiger partial charge in [0, 0.05) is 18.2 Å². The minimum Gasteiger partial charge on any atom is -0.325 e. The second-order valence-electron chi connectivity index (χ2n) is 6.86. The molecule has 0 aromatic heterocycles. The molecule has 0 atom stereocenters. The van der Waals surface area contributed by atoms with Crippen LogP contribution >= 0.6 is 0 Å². The fourth-order valence-electron chi connectivity index (χ4n) is 3.87. The fraction of sp³-hybridized carbons (Fsp3) is 0.526. The Kier molecular flexibility index (Phi) is 5.05. The number of carbonyl (C=O) groups is 1. The van der Waals surface area contributed by atoms with Crippen LogP contribution in [0, 0.1) is 12.3 Å². The van der Waals surface area contributed by atoms with Crippen LogP contribution in [0.2, 0.25) is 0 Å². The molecule has 1 heterocycles. The maximum Gasteiger partial charge on any atom is 0.254 e. The quantitative estimate of drug-likeness (QED) is 0.775. The summed E-state index contributed by atoms with van der Waals surface area (Å²) in [5.74, 6) is 2.56. The summed E-state index contributed by atoms with van der Waals surface area (Å²) in [7, 11) is -3.28. The minimum absolute atomic E-state index is 0.0505.